The van der Waals surface area contributed by atoms with Gasteiger partial charge in [0, 0.05) is 11.6 Å². The lowest BCUT2D eigenvalue weighted by Gasteiger charge is -2.34. The number of ether oxygens (including phenoxy) is 2. The van der Waals surface area contributed by atoms with Crippen molar-refractivity contribution in [2.45, 2.75) is 52.7 Å². The lowest BCUT2D eigenvalue weighted by molar-refractivity contribution is -0.387. The third kappa shape index (κ3) is 5.70. The molecule has 0 saturated carbocycles. The first-order valence-electron chi connectivity index (χ1n) is 7.41. The SMILES string of the molecule is CC(C)(C)OC(=O)OC(=O)N(c1ccc(F)c([N+](=O)[O-])c1)C(C)(C)C. The highest BCUT2D eigenvalue weighted by Gasteiger charge is 2.33. The van der Waals surface area contributed by atoms with Gasteiger partial charge >= 0.3 is 17.9 Å². The zero-order valence-electron chi connectivity index (χ0n) is 15.0. The molecule has 0 spiro atoms. The van der Waals surface area contributed by atoms with Gasteiger partial charge in [0.25, 0.3) is 0 Å². The summed E-state index contributed by atoms with van der Waals surface area (Å²) in [5.74, 6) is -1.04. The van der Waals surface area contributed by atoms with E-state index in [2.05, 4.69) is 4.74 Å². The molecular formula is C16H21FN2O6. The zero-order chi connectivity index (χ0) is 19.6. The quantitative estimate of drug-likeness (QED) is 0.337. The van der Waals surface area contributed by atoms with E-state index in [4.69, 9.17) is 4.74 Å². The maximum absolute atomic E-state index is 13.5. The van der Waals surface area contributed by atoms with Gasteiger partial charge in [-0.2, -0.15) is 4.39 Å². The van der Waals surface area contributed by atoms with Gasteiger partial charge in [0.15, 0.2) is 0 Å². The fourth-order valence-corrected chi connectivity index (χ4v) is 1.93. The van der Waals surface area contributed by atoms with Crippen molar-refractivity contribution in [1.82, 2.24) is 0 Å². The highest BCUT2D eigenvalue weighted by molar-refractivity contribution is 5.94. The predicted molar refractivity (Wildman–Crippen MR) is 88.0 cm³/mol. The number of nitro groups is 1. The summed E-state index contributed by atoms with van der Waals surface area (Å²) in [5, 5.41) is 10.9. The molecule has 0 N–H and O–H groups in total. The Labute approximate surface area is 144 Å². The average molecular weight is 356 g/mol. The van der Waals surface area contributed by atoms with E-state index in [-0.39, 0.29) is 5.69 Å². The molecule has 1 aromatic rings. The minimum atomic E-state index is -1.21. The Morgan fingerprint density at radius 3 is 2.16 bits per heavy atom. The topological polar surface area (TPSA) is 99.0 Å². The average Bonchev–Trinajstić information content (AvgIpc) is 2.36. The van der Waals surface area contributed by atoms with Gasteiger partial charge < -0.3 is 9.47 Å². The number of benzene rings is 1. The van der Waals surface area contributed by atoms with Crippen LogP contribution in [0.1, 0.15) is 41.5 Å². The van der Waals surface area contributed by atoms with Crippen LogP contribution in [0.4, 0.5) is 25.4 Å². The van der Waals surface area contributed by atoms with Crippen molar-refractivity contribution in [1.29, 1.82) is 0 Å². The molecule has 0 saturated heterocycles. The molecule has 1 aromatic carbocycles. The zero-order valence-corrected chi connectivity index (χ0v) is 15.0. The molecule has 25 heavy (non-hydrogen) atoms. The summed E-state index contributed by atoms with van der Waals surface area (Å²) in [5.41, 5.74) is -2.56. The molecule has 0 radical (unpaired) electrons. The summed E-state index contributed by atoms with van der Waals surface area (Å²) >= 11 is 0. The van der Waals surface area contributed by atoms with Crippen molar-refractivity contribution >= 4 is 23.6 Å². The lowest BCUT2D eigenvalue weighted by Crippen LogP contribution is -2.47. The maximum Gasteiger partial charge on any atom is 0.517 e. The number of amides is 1. The second kappa shape index (κ2) is 7.04. The third-order valence-electron chi connectivity index (χ3n) is 2.80. The molecule has 8 nitrogen and oxygen atoms in total. The molecule has 0 unspecified atom stereocenters. The first kappa shape index (κ1) is 20.3. The van der Waals surface area contributed by atoms with Crippen molar-refractivity contribution in [3.05, 3.63) is 34.1 Å². The molecule has 0 fully saturated rings. The van der Waals surface area contributed by atoms with E-state index in [0.29, 0.717) is 0 Å². The Morgan fingerprint density at radius 1 is 1.16 bits per heavy atom. The number of anilines is 1. The largest absolute Gasteiger partial charge is 0.517 e. The molecule has 0 aliphatic heterocycles. The van der Waals surface area contributed by atoms with Crippen molar-refractivity contribution in [2.75, 3.05) is 4.90 Å². The van der Waals surface area contributed by atoms with Gasteiger partial charge in [-0.3, -0.25) is 15.0 Å². The Kier molecular flexibility index (Phi) is 5.72. The number of hydrogen-bond acceptors (Lipinski definition) is 6. The molecule has 0 aliphatic carbocycles. The number of carbonyl (C=O) groups excluding carboxylic acids is 2. The second-order valence-electron chi connectivity index (χ2n) is 7.23. The summed E-state index contributed by atoms with van der Waals surface area (Å²) < 4.78 is 23.1. The van der Waals surface area contributed by atoms with Gasteiger partial charge in [0.2, 0.25) is 5.82 Å². The Hall–Kier alpha value is -2.71. The fourth-order valence-electron chi connectivity index (χ4n) is 1.93. The van der Waals surface area contributed by atoms with Crippen LogP contribution in [0.3, 0.4) is 0 Å². The van der Waals surface area contributed by atoms with Crippen molar-refractivity contribution in [3.63, 3.8) is 0 Å². The number of halogens is 1. The lowest BCUT2D eigenvalue weighted by atomic mass is 10.1. The molecule has 1 rings (SSSR count). The molecular weight excluding hydrogens is 335 g/mol. The van der Waals surface area contributed by atoms with E-state index in [1.807, 2.05) is 0 Å². The molecule has 0 atom stereocenters. The molecule has 138 valence electrons. The van der Waals surface area contributed by atoms with E-state index >= 15 is 0 Å². The number of hydrogen-bond donors (Lipinski definition) is 0. The van der Waals surface area contributed by atoms with Crippen LogP contribution in [0.25, 0.3) is 0 Å². The Balaban J connectivity index is 3.19. The molecule has 0 heterocycles. The van der Waals surface area contributed by atoms with Crippen molar-refractivity contribution in [2.24, 2.45) is 0 Å². The molecule has 0 aliphatic rings. The number of nitrogens with zero attached hydrogens (tertiary/aromatic N) is 2. The van der Waals surface area contributed by atoms with Crippen LogP contribution < -0.4 is 4.90 Å². The summed E-state index contributed by atoms with van der Waals surface area (Å²) in [6, 6.07) is 2.95. The standard InChI is InChI=1S/C16H21FN2O6/c1-15(2,3)18(13(20)24-14(21)25-16(4,5)6)10-7-8-11(17)12(9-10)19(22)23/h7-9H,1-6H3. The van der Waals surface area contributed by atoms with Crippen LogP contribution in [0.2, 0.25) is 0 Å². The van der Waals surface area contributed by atoms with Crippen molar-refractivity contribution < 1.29 is 28.4 Å². The third-order valence-corrected chi connectivity index (χ3v) is 2.80. The fraction of sp³-hybridized carbons (Fsp3) is 0.500. The van der Waals surface area contributed by atoms with Crippen LogP contribution in [-0.2, 0) is 9.47 Å². The first-order chi connectivity index (χ1) is 11.2. The highest BCUT2D eigenvalue weighted by atomic mass is 19.1. The number of rotatable bonds is 2. The van der Waals surface area contributed by atoms with Gasteiger partial charge in [-0.1, -0.05) is 0 Å². The van der Waals surface area contributed by atoms with Crippen LogP contribution in [0.5, 0.6) is 0 Å². The smallest absolute Gasteiger partial charge is 0.428 e. The van der Waals surface area contributed by atoms with Crippen LogP contribution in [-0.4, -0.2) is 28.3 Å². The highest BCUT2D eigenvalue weighted by Crippen LogP contribution is 2.30. The second-order valence-corrected chi connectivity index (χ2v) is 7.23. The van der Waals surface area contributed by atoms with E-state index in [9.17, 15) is 24.1 Å². The van der Waals surface area contributed by atoms with Crippen LogP contribution in [0, 0.1) is 15.9 Å². The van der Waals surface area contributed by atoms with Gasteiger partial charge in [0.1, 0.15) is 5.60 Å². The Bertz CT molecular complexity index is 691. The van der Waals surface area contributed by atoms with E-state index in [1.165, 1.54) is 6.07 Å². The monoisotopic (exact) mass is 356 g/mol. The van der Waals surface area contributed by atoms with Gasteiger partial charge in [-0.25, -0.2) is 9.59 Å². The summed E-state index contributed by atoms with van der Waals surface area (Å²) in [7, 11) is 0. The first-order valence-corrected chi connectivity index (χ1v) is 7.41. The summed E-state index contributed by atoms with van der Waals surface area (Å²) in [4.78, 5) is 35.1. The molecule has 0 bridgehead atoms. The normalized spacial score (nSPS) is 11.6. The maximum atomic E-state index is 13.5. The molecule has 0 aromatic heterocycles. The van der Waals surface area contributed by atoms with Crippen molar-refractivity contribution in [3.8, 4) is 0 Å². The minimum Gasteiger partial charge on any atom is -0.428 e. The number of carbonyl (C=O) groups is 2. The van der Waals surface area contributed by atoms with Gasteiger partial charge in [0.05, 0.1) is 10.6 Å². The van der Waals surface area contributed by atoms with Gasteiger partial charge in [-0.05, 0) is 53.7 Å². The summed E-state index contributed by atoms with van der Waals surface area (Å²) in [6.07, 6.45) is -2.30. The van der Waals surface area contributed by atoms with E-state index in [0.717, 1.165) is 17.0 Å². The van der Waals surface area contributed by atoms with Crippen LogP contribution >= 0.6 is 0 Å². The molecule has 9 heteroatoms. The summed E-state index contributed by atoms with van der Waals surface area (Å²) in [6.45, 7) is 9.67. The predicted octanol–water partition coefficient (Wildman–Crippen LogP) is 4.41. The van der Waals surface area contributed by atoms with E-state index in [1.54, 1.807) is 41.5 Å². The minimum absolute atomic E-state index is 0.00848. The van der Waals surface area contributed by atoms with Gasteiger partial charge in [-0.15, -0.1) is 0 Å². The number of nitro benzene ring substituents is 1. The van der Waals surface area contributed by atoms with E-state index < -0.39 is 39.8 Å². The van der Waals surface area contributed by atoms with Crippen LogP contribution in [0.15, 0.2) is 18.2 Å². The Morgan fingerprint density at radius 2 is 1.72 bits per heavy atom. The molecule has 1 amide bonds.